The molecule has 0 N–H and O–H groups in total. The van der Waals surface area contributed by atoms with E-state index in [1.807, 2.05) is 47.6 Å². The van der Waals surface area contributed by atoms with E-state index in [4.69, 9.17) is 4.74 Å². The minimum Gasteiger partial charge on any atom is -0.444 e. The molecule has 0 spiro atoms. The Morgan fingerprint density at radius 1 is 1.11 bits per heavy atom. The van der Waals surface area contributed by atoms with Crippen LogP contribution in [0.5, 0.6) is 0 Å². The van der Waals surface area contributed by atoms with E-state index in [1.165, 1.54) is 12.1 Å². The molecule has 0 bridgehead atoms. The average molecular weight is 638 g/mol. The smallest absolute Gasteiger partial charge is 0.410 e. The molecule has 46 heavy (non-hydrogen) atoms. The largest absolute Gasteiger partial charge is 0.444 e. The first-order chi connectivity index (χ1) is 21.4. The van der Waals surface area contributed by atoms with Gasteiger partial charge in [-0.05, 0) is 64.8 Å². The van der Waals surface area contributed by atoms with Gasteiger partial charge in [0.05, 0.1) is 12.2 Å². The van der Waals surface area contributed by atoms with Crippen LogP contribution in [0.2, 0.25) is 0 Å². The van der Waals surface area contributed by atoms with Crippen LogP contribution in [0.1, 0.15) is 72.2 Å². The summed E-state index contributed by atoms with van der Waals surface area (Å²) in [4.78, 5) is 52.3. The van der Waals surface area contributed by atoms with Crippen LogP contribution in [0, 0.1) is 11.6 Å². The summed E-state index contributed by atoms with van der Waals surface area (Å²) < 4.78 is 33.6. The fourth-order valence-electron chi connectivity index (χ4n) is 6.58. The molecule has 0 aliphatic carbocycles. The Balaban J connectivity index is 1.38. The number of anilines is 1. The predicted octanol–water partition coefficient (Wildman–Crippen LogP) is 5.06. The Morgan fingerprint density at radius 3 is 2.46 bits per heavy atom. The number of fused-ring (bicyclic) bond motifs is 1. The molecule has 1 saturated heterocycles. The van der Waals surface area contributed by atoms with Crippen LogP contribution in [-0.4, -0.2) is 94.5 Å². The Morgan fingerprint density at radius 2 is 1.83 bits per heavy atom. The van der Waals surface area contributed by atoms with Crippen molar-refractivity contribution in [2.45, 2.75) is 84.9 Å². The van der Waals surface area contributed by atoms with Gasteiger partial charge in [-0.2, -0.15) is 0 Å². The fourth-order valence-corrected chi connectivity index (χ4v) is 6.58. The van der Waals surface area contributed by atoms with Crippen LogP contribution < -0.4 is 4.90 Å². The first-order valence-electron chi connectivity index (χ1n) is 15.9. The topological polar surface area (TPSA) is 86.3 Å². The number of rotatable bonds is 6. The van der Waals surface area contributed by atoms with Gasteiger partial charge in [0.15, 0.2) is 0 Å². The summed E-state index contributed by atoms with van der Waals surface area (Å²) in [6.45, 7) is 17.5. The number of carbonyl (C=O) groups excluding carboxylic acids is 3. The van der Waals surface area contributed by atoms with Crippen molar-refractivity contribution in [3.63, 3.8) is 0 Å². The third kappa shape index (κ3) is 6.94. The Hall–Kier alpha value is -3.86. The van der Waals surface area contributed by atoms with Crippen molar-refractivity contribution in [2.75, 3.05) is 44.2 Å². The molecule has 248 valence electrons. The molecule has 5 rings (SSSR count). The molecule has 0 radical (unpaired) electrons. The maximum Gasteiger partial charge on any atom is 0.410 e. The number of hydrogen-bond acceptors (Lipinski definition) is 6. The highest BCUT2D eigenvalue weighted by atomic mass is 19.1. The highest BCUT2D eigenvalue weighted by molar-refractivity contribution is 5.98. The number of pyridine rings is 1. The summed E-state index contributed by atoms with van der Waals surface area (Å²) in [7, 11) is 0. The van der Waals surface area contributed by atoms with Gasteiger partial charge >= 0.3 is 6.09 Å². The van der Waals surface area contributed by atoms with Crippen molar-refractivity contribution in [1.29, 1.82) is 0 Å². The zero-order valence-corrected chi connectivity index (χ0v) is 28.1. The van der Waals surface area contributed by atoms with Crippen LogP contribution in [0.15, 0.2) is 41.6 Å². The predicted molar refractivity (Wildman–Crippen MR) is 171 cm³/mol. The van der Waals surface area contributed by atoms with E-state index in [-0.39, 0.29) is 42.3 Å². The second-order valence-electron chi connectivity index (χ2n) is 14.6. The number of ether oxygens (including phenoxy) is 1. The van der Waals surface area contributed by atoms with E-state index in [1.54, 1.807) is 20.9 Å². The first kappa shape index (κ1) is 33.5. The SMILES string of the molecule is CC1=C(C)C(=O)N(C[C@H]2CN(C(=O)OC(C)(C)C)[C@H](C)CN2CC(=O)N2CC(C)(C)c3cnc(Cc4ccc(F)cc4F)cc32)C1. The van der Waals surface area contributed by atoms with E-state index in [0.29, 0.717) is 44.0 Å². The van der Waals surface area contributed by atoms with Gasteiger partial charge in [0.25, 0.3) is 0 Å². The summed E-state index contributed by atoms with van der Waals surface area (Å²) >= 11 is 0. The molecule has 0 saturated carbocycles. The minimum atomic E-state index is -0.658. The zero-order chi connectivity index (χ0) is 33.7. The molecule has 1 fully saturated rings. The minimum absolute atomic E-state index is 0.0287. The van der Waals surface area contributed by atoms with E-state index < -0.39 is 23.3 Å². The average Bonchev–Trinajstić information content (AvgIpc) is 3.36. The first-order valence-corrected chi connectivity index (χ1v) is 15.9. The number of amides is 3. The Bertz CT molecular complexity index is 1580. The summed E-state index contributed by atoms with van der Waals surface area (Å²) in [5.74, 6) is -1.42. The van der Waals surface area contributed by atoms with Gasteiger partial charge in [-0.3, -0.25) is 19.5 Å². The number of halogens is 2. The normalized spacial score (nSPS) is 21.7. The number of piperazine rings is 1. The van der Waals surface area contributed by atoms with Gasteiger partial charge in [-0.15, -0.1) is 0 Å². The van der Waals surface area contributed by atoms with Crippen molar-refractivity contribution < 1.29 is 27.9 Å². The molecule has 2 aromatic rings. The maximum absolute atomic E-state index is 14.4. The second kappa shape index (κ2) is 12.4. The summed E-state index contributed by atoms with van der Waals surface area (Å²) in [6, 6.07) is 4.80. The lowest BCUT2D eigenvalue weighted by Gasteiger charge is -2.46. The van der Waals surface area contributed by atoms with Gasteiger partial charge in [0, 0.05) is 85.7 Å². The van der Waals surface area contributed by atoms with Crippen LogP contribution in [0.4, 0.5) is 19.3 Å². The lowest BCUT2D eigenvalue weighted by molar-refractivity contribution is -0.127. The van der Waals surface area contributed by atoms with Gasteiger partial charge in [0.1, 0.15) is 17.2 Å². The number of hydrogen-bond donors (Lipinski definition) is 0. The summed E-state index contributed by atoms with van der Waals surface area (Å²) in [5, 5.41) is 0. The Kier molecular flexibility index (Phi) is 9.02. The van der Waals surface area contributed by atoms with Crippen LogP contribution in [0.3, 0.4) is 0 Å². The van der Waals surface area contributed by atoms with Gasteiger partial charge in [-0.1, -0.05) is 19.9 Å². The molecule has 9 nitrogen and oxygen atoms in total. The van der Waals surface area contributed by atoms with Crippen LogP contribution in [-0.2, 0) is 26.2 Å². The lowest BCUT2D eigenvalue weighted by atomic mass is 9.88. The molecule has 2 atom stereocenters. The number of aromatic nitrogens is 1. The van der Waals surface area contributed by atoms with Crippen molar-refractivity contribution in [1.82, 2.24) is 19.7 Å². The monoisotopic (exact) mass is 637 g/mol. The fraction of sp³-hybridized carbons (Fsp3) is 0.543. The molecular weight excluding hydrogens is 592 g/mol. The van der Waals surface area contributed by atoms with Crippen molar-refractivity contribution in [3.05, 3.63) is 70.1 Å². The molecular formula is C35H45F2N5O4. The second-order valence-corrected chi connectivity index (χ2v) is 14.6. The van der Waals surface area contributed by atoms with E-state index >= 15 is 0 Å². The molecule has 3 aliphatic rings. The highest BCUT2D eigenvalue weighted by Crippen LogP contribution is 2.41. The van der Waals surface area contributed by atoms with Crippen molar-refractivity contribution in [2.24, 2.45) is 0 Å². The van der Waals surface area contributed by atoms with E-state index in [0.717, 1.165) is 28.5 Å². The number of benzene rings is 1. The van der Waals surface area contributed by atoms with Crippen molar-refractivity contribution >= 4 is 23.6 Å². The van der Waals surface area contributed by atoms with Gasteiger partial charge in [0.2, 0.25) is 11.8 Å². The van der Waals surface area contributed by atoms with Gasteiger partial charge < -0.3 is 19.4 Å². The standard InChI is InChI=1S/C35H45F2N5O4/c1-21-15-40(32(44)23(21)3)17-27-18-41(33(45)46-34(4,5)6)22(2)16-39(27)19-31(43)42-20-35(7,8)28-14-38-26(13-30(28)42)11-24-9-10-25(36)12-29(24)37/h9-10,12-14,22,27H,11,15-20H2,1-8H3/t22-,27+/m1/s1. The van der Waals surface area contributed by atoms with Gasteiger partial charge in [-0.25, -0.2) is 13.6 Å². The Labute approximate surface area is 270 Å². The van der Waals surface area contributed by atoms with Crippen molar-refractivity contribution in [3.8, 4) is 0 Å². The van der Waals surface area contributed by atoms with E-state index in [9.17, 15) is 23.2 Å². The maximum atomic E-state index is 14.4. The third-order valence-electron chi connectivity index (χ3n) is 9.23. The number of carbonyl (C=O) groups is 3. The molecule has 11 heteroatoms. The molecule has 1 aromatic carbocycles. The molecule has 1 aromatic heterocycles. The summed E-state index contributed by atoms with van der Waals surface area (Å²) in [5.41, 5.74) is 3.27. The zero-order valence-electron chi connectivity index (χ0n) is 28.1. The van der Waals surface area contributed by atoms with Crippen LogP contribution >= 0.6 is 0 Å². The molecule has 3 aliphatic heterocycles. The third-order valence-corrected chi connectivity index (χ3v) is 9.23. The lowest BCUT2D eigenvalue weighted by Crippen LogP contribution is -2.63. The number of nitrogens with zero attached hydrogens (tertiary/aromatic N) is 5. The highest BCUT2D eigenvalue weighted by Gasteiger charge is 2.42. The van der Waals surface area contributed by atoms with E-state index in [2.05, 4.69) is 23.7 Å². The molecule has 3 amide bonds. The molecule has 0 unspecified atom stereocenters. The summed E-state index contributed by atoms with van der Waals surface area (Å²) in [6.07, 6.45) is 1.49. The van der Waals surface area contributed by atoms with Crippen LogP contribution in [0.25, 0.3) is 0 Å². The quantitative estimate of drug-likeness (QED) is 0.440. The molecule has 4 heterocycles.